The molecule has 0 aliphatic rings. The van der Waals surface area contributed by atoms with E-state index < -0.39 is 0 Å². The third-order valence-corrected chi connectivity index (χ3v) is 8.54. The summed E-state index contributed by atoms with van der Waals surface area (Å²) in [6.45, 7) is 0. The van der Waals surface area contributed by atoms with E-state index in [1.165, 1.54) is 43.7 Å². The highest BCUT2D eigenvalue weighted by Gasteiger charge is 2.17. The Hall–Kier alpha value is -5.67. The van der Waals surface area contributed by atoms with Gasteiger partial charge in [0.15, 0.2) is 0 Å². The van der Waals surface area contributed by atoms with Crippen molar-refractivity contribution in [3.8, 4) is 22.5 Å². The molecular formula is C39H25N3. The largest absolute Gasteiger partial charge is 0.309 e. The van der Waals surface area contributed by atoms with E-state index in [0.29, 0.717) is 0 Å². The van der Waals surface area contributed by atoms with Crippen LogP contribution in [-0.4, -0.2) is 14.1 Å². The Labute approximate surface area is 242 Å². The lowest BCUT2D eigenvalue weighted by molar-refractivity contribution is 1.14. The van der Waals surface area contributed by atoms with Gasteiger partial charge in [0.2, 0.25) is 0 Å². The van der Waals surface area contributed by atoms with Crippen molar-refractivity contribution in [3.05, 3.63) is 152 Å². The van der Waals surface area contributed by atoms with Gasteiger partial charge < -0.3 is 4.57 Å². The molecule has 0 saturated carbocycles. The lowest BCUT2D eigenvalue weighted by Gasteiger charge is -2.12. The molecule has 0 radical (unpaired) electrons. The van der Waals surface area contributed by atoms with E-state index in [9.17, 15) is 0 Å². The molecule has 42 heavy (non-hydrogen) atoms. The number of para-hydroxylation sites is 3. The van der Waals surface area contributed by atoms with Crippen LogP contribution in [0.25, 0.3) is 77.0 Å². The molecular weight excluding hydrogens is 510 g/mol. The van der Waals surface area contributed by atoms with E-state index in [0.717, 1.165) is 33.4 Å². The number of hydrogen-bond acceptors (Lipinski definition) is 1. The Bertz CT molecular complexity index is 2460. The fourth-order valence-corrected chi connectivity index (χ4v) is 6.66. The van der Waals surface area contributed by atoms with E-state index in [4.69, 9.17) is 4.98 Å². The first-order valence-electron chi connectivity index (χ1n) is 14.3. The van der Waals surface area contributed by atoms with Gasteiger partial charge in [-0.15, -0.1) is 0 Å². The smallest absolute Gasteiger partial charge is 0.145 e. The Morgan fingerprint density at radius 1 is 0.405 bits per heavy atom. The van der Waals surface area contributed by atoms with Crippen LogP contribution in [0.2, 0.25) is 0 Å². The number of benzene rings is 6. The summed E-state index contributed by atoms with van der Waals surface area (Å²) in [6, 6.07) is 52.1. The van der Waals surface area contributed by atoms with E-state index in [1.54, 1.807) is 0 Å². The molecule has 196 valence electrons. The summed E-state index contributed by atoms with van der Waals surface area (Å²) in [4.78, 5) is 5.06. The molecule has 0 fully saturated rings. The topological polar surface area (TPSA) is 22.8 Å². The number of fused-ring (bicyclic) bond motifs is 7. The van der Waals surface area contributed by atoms with Gasteiger partial charge in [-0.3, -0.25) is 4.57 Å². The highest BCUT2D eigenvalue weighted by Crippen LogP contribution is 2.38. The quantitative estimate of drug-likeness (QED) is 0.221. The van der Waals surface area contributed by atoms with Crippen LogP contribution in [0.15, 0.2) is 152 Å². The van der Waals surface area contributed by atoms with Crippen LogP contribution in [0, 0.1) is 0 Å². The normalized spacial score (nSPS) is 11.8. The molecule has 9 rings (SSSR count). The van der Waals surface area contributed by atoms with Crippen LogP contribution in [0.5, 0.6) is 0 Å². The highest BCUT2D eigenvalue weighted by atomic mass is 15.0. The monoisotopic (exact) mass is 535 g/mol. The first-order valence-corrected chi connectivity index (χ1v) is 14.3. The average molecular weight is 536 g/mol. The van der Waals surface area contributed by atoms with Crippen LogP contribution in [-0.2, 0) is 0 Å². The van der Waals surface area contributed by atoms with Crippen molar-refractivity contribution < 1.29 is 0 Å². The van der Waals surface area contributed by atoms with Gasteiger partial charge in [0.1, 0.15) is 5.65 Å². The third-order valence-electron chi connectivity index (χ3n) is 8.54. The van der Waals surface area contributed by atoms with E-state index in [-0.39, 0.29) is 0 Å². The Kier molecular flexibility index (Phi) is 4.90. The van der Waals surface area contributed by atoms with Gasteiger partial charge >= 0.3 is 0 Å². The van der Waals surface area contributed by atoms with Gasteiger partial charge in [-0.1, -0.05) is 97.1 Å². The number of aromatic nitrogens is 3. The second kappa shape index (κ2) is 8.92. The number of rotatable bonds is 3. The van der Waals surface area contributed by atoms with Gasteiger partial charge in [-0.2, -0.15) is 0 Å². The van der Waals surface area contributed by atoms with E-state index in [1.807, 2.05) is 6.20 Å². The summed E-state index contributed by atoms with van der Waals surface area (Å²) in [7, 11) is 0. The minimum atomic E-state index is 0.972. The van der Waals surface area contributed by atoms with Gasteiger partial charge in [0.05, 0.1) is 22.2 Å². The van der Waals surface area contributed by atoms with Crippen molar-refractivity contribution in [2.24, 2.45) is 0 Å². The second-order valence-corrected chi connectivity index (χ2v) is 10.9. The number of hydrogen-bond donors (Lipinski definition) is 0. The summed E-state index contributed by atoms with van der Waals surface area (Å²) in [5.41, 5.74) is 9.13. The van der Waals surface area contributed by atoms with Crippen LogP contribution < -0.4 is 0 Å². The fraction of sp³-hybridized carbons (Fsp3) is 0. The summed E-state index contributed by atoms with van der Waals surface area (Å²) in [5.74, 6) is 0. The minimum Gasteiger partial charge on any atom is -0.309 e. The lowest BCUT2D eigenvalue weighted by atomic mass is 10.0. The van der Waals surface area contributed by atoms with Gasteiger partial charge in [-0.05, 0) is 59.5 Å². The molecule has 0 unspecified atom stereocenters. The molecule has 6 aromatic carbocycles. The summed E-state index contributed by atoms with van der Waals surface area (Å²) >= 11 is 0. The molecule has 0 amide bonds. The van der Waals surface area contributed by atoms with E-state index in [2.05, 4.69) is 155 Å². The second-order valence-electron chi connectivity index (χ2n) is 10.9. The molecule has 0 aliphatic heterocycles. The molecule has 0 bridgehead atoms. The summed E-state index contributed by atoms with van der Waals surface area (Å²) in [5, 5.41) is 7.34. The zero-order valence-electron chi connectivity index (χ0n) is 22.8. The summed E-state index contributed by atoms with van der Waals surface area (Å²) < 4.78 is 4.67. The Morgan fingerprint density at radius 2 is 1.02 bits per heavy atom. The van der Waals surface area contributed by atoms with Crippen molar-refractivity contribution in [1.82, 2.24) is 14.1 Å². The van der Waals surface area contributed by atoms with Crippen molar-refractivity contribution in [2.75, 3.05) is 0 Å². The molecule has 0 aliphatic carbocycles. The standard InChI is InChI=1S/C39H25N3/c1-2-13-29(14-3-1)41-36-18-8-7-17-32(36)34-24-28(25-40-39(34)41)27-21-22-38-33(23-27)31-16-6-9-19-37(31)42(38)35-20-10-12-26-11-4-5-15-30(26)35/h1-25H. The first kappa shape index (κ1) is 23.1. The van der Waals surface area contributed by atoms with Crippen LogP contribution in [0.3, 0.4) is 0 Å². The van der Waals surface area contributed by atoms with Crippen LogP contribution in [0.1, 0.15) is 0 Å². The molecule has 9 aromatic rings. The van der Waals surface area contributed by atoms with Crippen molar-refractivity contribution >= 4 is 54.5 Å². The first-order chi connectivity index (χ1) is 20.8. The van der Waals surface area contributed by atoms with Crippen LogP contribution in [0.4, 0.5) is 0 Å². The zero-order chi connectivity index (χ0) is 27.6. The van der Waals surface area contributed by atoms with Gasteiger partial charge in [-0.25, -0.2) is 4.98 Å². The van der Waals surface area contributed by atoms with Crippen molar-refractivity contribution in [2.45, 2.75) is 0 Å². The Morgan fingerprint density at radius 3 is 1.86 bits per heavy atom. The minimum absolute atomic E-state index is 0.972. The molecule has 3 nitrogen and oxygen atoms in total. The van der Waals surface area contributed by atoms with E-state index >= 15 is 0 Å². The lowest BCUT2D eigenvalue weighted by Crippen LogP contribution is -1.95. The third kappa shape index (κ3) is 3.31. The summed E-state index contributed by atoms with van der Waals surface area (Å²) in [6.07, 6.45) is 2.02. The van der Waals surface area contributed by atoms with Gasteiger partial charge in [0.25, 0.3) is 0 Å². The number of pyridine rings is 1. The molecule has 3 heteroatoms. The molecule has 3 aromatic heterocycles. The van der Waals surface area contributed by atoms with Crippen molar-refractivity contribution in [1.29, 1.82) is 0 Å². The molecule has 3 heterocycles. The maximum absolute atomic E-state index is 5.06. The maximum Gasteiger partial charge on any atom is 0.145 e. The molecule has 0 spiro atoms. The predicted octanol–water partition coefficient (Wildman–Crippen LogP) is 10.1. The predicted molar refractivity (Wildman–Crippen MR) is 176 cm³/mol. The van der Waals surface area contributed by atoms with Crippen molar-refractivity contribution in [3.63, 3.8) is 0 Å². The Balaban J connectivity index is 1.28. The van der Waals surface area contributed by atoms with Gasteiger partial charge in [0, 0.05) is 44.4 Å². The molecule has 0 N–H and O–H groups in total. The highest BCUT2D eigenvalue weighted by molar-refractivity contribution is 6.12. The SMILES string of the molecule is c1ccc(-n2c3ccccc3c3cc(-c4ccc5c(c4)c4ccccc4n5-c4cccc5ccccc45)cnc32)cc1. The zero-order valence-corrected chi connectivity index (χ0v) is 22.8. The maximum atomic E-state index is 5.06. The number of nitrogens with zero attached hydrogens (tertiary/aromatic N) is 3. The fourth-order valence-electron chi connectivity index (χ4n) is 6.66. The average Bonchev–Trinajstić information content (AvgIpc) is 3.57. The molecule has 0 saturated heterocycles. The van der Waals surface area contributed by atoms with Crippen LogP contribution >= 0.6 is 0 Å². The molecule has 0 atom stereocenters.